The molecule has 7 heteroatoms. The Balaban J connectivity index is 2.05. The van der Waals surface area contributed by atoms with Crippen LogP contribution in [0.25, 0.3) is 5.76 Å². The summed E-state index contributed by atoms with van der Waals surface area (Å²) in [6, 6.07) is 12.2. The fourth-order valence-corrected chi connectivity index (χ4v) is 4.51. The van der Waals surface area contributed by atoms with Crippen molar-refractivity contribution >= 4 is 33.4 Å². The van der Waals surface area contributed by atoms with Gasteiger partial charge in [0.05, 0.1) is 18.2 Å². The molecule has 0 unspecified atom stereocenters. The third-order valence-corrected chi connectivity index (χ3v) is 6.24. The number of amides is 1. The molecule has 0 aromatic heterocycles. The van der Waals surface area contributed by atoms with E-state index in [2.05, 4.69) is 29.8 Å². The first-order chi connectivity index (χ1) is 16.1. The lowest BCUT2D eigenvalue weighted by atomic mass is 9.94. The monoisotopic (exact) mass is 528 g/mol. The average Bonchev–Trinajstić information content (AvgIpc) is 3.02. The number of aryl methyl sites for hydroxylation is 1. The van der Waals surface area contributed by atoms with Crippen LogP contribution in [0.2, 0.25) is 0 Å². The normalized spacial score (nSPS) is 17.8. The van der Waals surface area contributed by atoms with Crippen LogP contribution in [-0.4, -0.2) is 60.4 Å². The number of ketones is 1. The Kier molecular flexibility index (Phi) is 8.55. The minimum absolute atomic E-state index is 0.118. The maximum Gasteiger partial charge on any atom is 0.295 e. The van der Waals surface area contributed by atoms with E-state index in [4.69, 9.17) is 4.74 Å². The summed E-state index contributed by atoms with van der Waals surface area (Å²) in [7, 11) is 3.94. The highest BCUT2D eigenvalue weighted by Gasteiger charge is 2.46. The van der Waals surface area contributed by atoms with Gasteiger partial charge in [-0.15, -0.1) is 0 Å². The summed E-state index contributed by atoms with van der Waals surface area (Å²) in [5.41, 5.74) is 2.18. The maximum atomic E-state index is 13.2. The smallest absolute Gasteiger partial charge is 0.295 e. The fourth-order valence-electron chi connectivity index (χ4n) is 4.09. The number of aliphatic hydroxyl groups excluding tert-OH is 1. The predicted molar refractivity (Wildman–Crippen MR) is 138 cm³/mol. The zero-order valence-electron chi connectivity index (χ0n) is 20.5. The van der Waals surface area contributed by atoms with E-state index in [1.54, 1.807) is 17.0 Å². The standard InChI is InChI=1S/C27H33BrN2O4/c1-17(2)16-34-21-10-11-22(18(3)14-21)25(31)23-24(19-8-6-9-20(28)15-19)30(27(33)26(23)32)13-7-12-29(4)5/h6,8-11,14-15,17,24,31H,7,12-13,16H2,1-5H3/t24-/m0/s1. The van der Waals surface area contributed by atoms with Gasteiger partial charge in [0, 0.05) is 16.6 Å². The maximum absolute atomic E-state index is 13.2. The lowest BCUT2D eigenvalue weighted by Gasteiger charge is -2.26. The molecule has 1 amide bonds. The van der Waals surface area contributed by atoms with Crippen LogP contribution in [0, 0.1) is 12.8 Å². The van der Waals surface area contributed by atoms with Crippen molar-refractivity contribution in [2.24, 2.45) is 5.92 Å². The Bertz CT molecular complexity index is 1090. The van der Waals surface area contributed by atoms with Gasteiger partial charge >= 0.3 is 0 Å². The van der Waals surface area contributed by atoms with Crippen molar-refractivity contribution in [1.29, 1.82) is 0 Å². The van der Waals surface area contributed by atoms with Crippen molar-refractivity contribution in [3.05, 3.63) is 69.2 Å². The lowest BCUT2D eigenvalue weighted by molar-refractivity contribution is -0.139. The minimum atomic E-state index is -0.660. The van der Waals surface area contributed by atoms with Crippen LogP contribution >= 0.6 is 15.9 Å². The zero-order valence-corrected chi connectivity index (χ0v) is 22.1. The summed E-state index contributed by atoms with van der Waals surface area (Å²) < 4.78 is 6.63. The van der Waals surface area contributed by atoms with Crippen LogP contribution in [0.1, 0.15) is 43.0 Å². The van der Waals surface area contributed by atoms with Crippen molar-refractivity contribution in [1.82, 2.24) is 9.80 Å². The molecule has 0 saturated carbocycles. The Morgan fingerprint density at radius 1 is 1.18 bits per heavy atom. The van der Waals surface area contributed by atoms with E-state index in [1.807, 2.05) is 56.3 Å². The molecule has 1 aliphatic heterocycles. The quantitative estimate of drug-likeness (QED) is 0.276. The number of benzene rings is 2. The van der Waals surface area contributed by atoms with Crippen LogP contribution in [0.15, 0.2) is 52.5 Å². The van der Waals surface area contributed by atoms with Gasteiger partial charge in [-0.3, -0.25) is 9.59 Å². The molecule has 0 aliphatic carbocycles. The molecular weight excluding hydrogens is 496 g/mol. The summed E-state index contributed by atoms with van der Waals surface area (Å²) in [5.74, 6) is -0.310. The molecule has 34 heavy (non-hydrogen) atoms. The van der Waals surface area contributed by atoms with Crippen LogP contribution in [0.4, 0.5) is 0 Å². The van der Waals surface area contributed by atoms with Gasteiger partial charge in [-0.1, -0.05) is 41.9 Å². The number of ether oxygens (including phenoxy) is 1. The second-order valence-corrected chi connectivity index (χ2v) is 10.3. The van der Waals surface area contributed by atoms with E-state index in [0.29, 0.717) is 36.8 Å². The second kappa shape index (κ2) is 11.2. The summed E-state index contributed by atoms with van der Waals surface area (Å²) in [4.78, 5) is 29.9. The van der Waals surface area contributed by atoms with Gasteiger partial charge in [0.2, 0.25) is 0 Å². The van der Waals surface area contributed by atoms with Crippen molar-refractivity contribution in [3.8, 4) is 5.75 Å². The van der Waals surface area contributed by atoms with Crippen molar-refractivity contribution in [2.45, 2.75) is 33.2 Å². The molecule has 6 nitrogen and oxygen atoms in total. The van der Waals surface area contributed by atoms with Gasteiger partial charge in [-0.2, -0.15) is 0 Å². The van der Waals surface area contributed by atoms with E-state index in [-0.39, 0.29) is 11.3 Å². The van der Waals surface area contributed by atoms with E-state index in [0.717, 1.165) is 22.1 Å². The number of Topliss-reactive ketones (excluding diaryl/α,β-unsaturated/α-hetero) is 1. The highest BCUT2D eigenvalue weighted by molar-refractivity contribution is 9.10. The summed E-state index contributed by atoms with van der Waals surface area (Å²) in [6.07, 6.45) is 0.714. The Hall–Kier alpha value is -2.64. The van der Waals surface area contributed by atoms with E-state index in [1.165, 1.54) is 0 Å². The van der Waals surface area contributed by atoms with Crippen LogP contribution in [0.3, 0.4) is 0 Å². The number of halogens is 1. The van der Waals surface area contributed by atoms with Gasteiger partial charge in [-0.25, -0.2) is 0 Å². The Morgan fingerprint density at radius 2 is 1.91 bits per heavy atom. The molecule has 3 rings (SSSR count). The van der Waals surface area contributed by atoms with E-state index < -0.39 is 17.7 Å². The van der Waals surface area contributed by atoms with Crippen LogP contribution in [-0.2, 0) is 9.59 Å². The van der Waals surface area contributed by atoms with Gasteiger partial charge in [0.25, 0.3) is 11.7 Å². The molecule has 1 fully saturated rings. The van der Waals surface area contributed by atoms with Gasteiger partial charge < -0.3 is 19.6 Å². The molecule has 2 aromatic rings. The first kappa shape index (κ1) is 26.0. The summed E-state index contributed by atoms with van der Waals surface area (Å²) in [6.45, 7) is 7.80. The number of hydrogen-bond donors (Lipinski definition) is 1. The number of carbonyl (C=O) groups is 2. The Morgan fingerprint density at radius 3 is 2.53 bits per heavy atom. The predicted octanol–water partition coefficient (Wildman–Crippen LogP) is 5.17. The lowest BCUT2D eigenvalue weighted by Crippen LogP contribution is -2.32. The number of nitrogens with zero attached hydrogens (tertiary/aromatic N) is 2. The highest BCUT2D eigenvalue weighted by Crippen LogP contribution is 2.40. The molecule has 182 valence electrons. The van der Waals surface area contributed by atoms with Crippen LogP contribution in [0.5, 0.6) is 5.75 Å². The molecular formula is C27H33BrN2O4. The topological polar surface area (TPSA) is 70.1 Å². The molecule has 1 heterocycles. The molecule has 1 N–H and O–H groups in total. The van der Waals surface area contributed by atoms with Gasteiger partial charge in [0.1, 0.15) is 11.5 Å². The van der Waals surface area contributed by atoms with E-state index >= 15 is 0 Å². The van der Waals surface area contributed by atoms with Crippen molar-refractivity contribution in [3.63, 3.8) is 0 Å². The van der Waals surface area contributed by atoms with Crippen molar-refractivity contribution in [2.75, 3.05) is 33.8 Å². The van der Waals surface area contributed by atoms with Gasteiger partial charge in [0.15, 0.2) is 0 Å². The van der Waals surface area contributed by atoms with E-state index in [9.17, 15) is 14.7 Å². The molecule has 2 aromatic carbocycles. The SMILES string of the molecule is Cc1cc(OCC(C)C)ccc1C(O)=C1C(=O)C(=O)N(CCCN(C)C)[C@H]1c1cccc(Br)c1. The number of carbonyl (C=O) groups excluding carboxylic acids is 2. The first-order valence-electron chi connectivity index (χ1n) is 11.5. The molecule has 0 radical (unpaired) electrons. The number of aliphatic hydroxyl groups is 1. The largest absolute Gasteiger partial charge is 0.507 e. The zero-order chi connectivity index (χ0) is 25.0. The molecule has 1 saturated heterocycles. The molecule has 1 aliphatic rings. The Labute approximate surface area is 210 Å². The fraction of sp³-hybridized carbons (Fsp3) is 0.407. The summed E-state index contributed by atoms with van der Waals surface area (Å²) in [5, 5.41) is 11.3. The van der Waals surface area contributed by atoms with Crippen molar-refractivity contribution < 1.29 is 19.4 Å². The average molecular weight is 529 g/mol. The molecule has 1 atom stereocenters. The van der Waals surface area contributed by atoms with Gasteiger partial charge in [-0.05, 0) is 81.4 Å². The second-order valence-electron chi connectivity index (χ2n) is 9.39. The first-order valence-corrected chi connectivity index (χ1v) is 12.3. The van der Waals surface area contributed by atoms with Crippen LogP contribution < -0.4 is 4.74 Å². The summed E-state index contributed by atoms with van der Waals surface area (Å²) >= 11 is 3.49. The highest BCUT2D eigenvalue weighted by atomic mass is 79.9. The number of hydrogen-bond acceptors (Lipinski definition) is 5. The molecule has 0 spiro atoms. The number of likely N-dealkylation sites (tertiary alicyclic amines) is 1. The molecule has 0 bridgehead atoms. The third kappa shape index (κ3) is 5.88. The number of rotatable bonds is 9. The minimum Gasteiger partial charge on any atom is -0.507 e. The third-order valence-electron chi connectivity index (χ3n) is 5.75.